The topological polar surface area (TPSA) is 127 Å². The van der Waals surface area contributed by atoms with Crippen molar-refractivity contribution in [1.29, 1.82) is 0 Å². The molecule has 4 rings (SSSR count). The number of ether oxygens (including phenoxy) is 1. The minimum Gasteiger partial charge on any atom is -0.506 e. The van der Waals surface area contributed by atoms with Crippen LogP contribution in [-0.4, -0.2) is 40.0 Å². The number of hydrogen-bond donors (Lipinski definition) is 2. The van der Waals surface area contributed by atoms with Crippen LogP contribution in [0.5, 0.6) is 11.5 Å². The van der Waals surface area contributed by atoms with Crippen LogP contribution in [0.2, 0.25) is 10.0 Å². The van der Waals surface area contributed by atoms with Crippen molar-refractivity contribution in [2.24, 2.45) is 4.99 Å². The van der Waals surface area contributed by atoms with E-state index in [1.165, 1.54) is 60.7 Å². The molecule has 13 heteroatoms. The third-order valence-corrected chi connectivity index (χ3v) is 7.43. The lowest BCUT2D eigenvalue weighted by atomic mass is 10.2. The maximum atomic E-state index is 12.4. The molecule has 3 aromatic carbocycles. The molecule has 4 aromatic rings. The number of halogens is 2. The summed E-state index contributed by atoms with van der Waals surface area (Å²) >= 11 is 14.5. The fourth-order valence-corrected chi connectivity index (χ4v) is 5.48. The number of aromatic nitrogens is 1. The van der Waals surface area contributed by atoms with E-state index in [0.717, 1.165) is 10.2 Å². The number of phenols is 1. The molecule has 0 aliphatic carbocycles. The number of methoxy groups -OCH3 is 1. The number of carbonyl (C=O) groups excluding carboxylic acids is 1. The van der Waals surface area contributed by atoms with E-state index >= 15 is 0 Å². The average Bonchev–Trinajstić information content (AvgIpc) is 3.26. The molecule has 0 spiro atoms. The molecule has 184 valence electrons. The van der Waals surface area contributed by atoms with Gasteiger partial charge in [-0.1, -0.05) is 35.0 Å². The molecule has 0 atom stereocenters. The summed E-state index contributed by atoms with van der Waals surface area (Å²) in [6.45, 7) is 0. The zero-order valence-electron chi connectivity index (χ0n) is 18.4. The van der Waals surface area contributed by atoms with Crippen LogP contribution in [0.1, 0.15) is 5.56 Å². The molecular weight excluding hydrogens is 547 g/mol. The van der Waals surface area contributed by atoms with Gasteiger partial charge in [0.05, 0.1) is 44.8 Å². The number of benzene rings is 3. The predicted octanol–water partition coefficient (Wildman–Crippen LogP) is 6.71. The fraction of sp³-hybridized carbons (Fsp3) is 0.0870. The first kappa shape index (κ1) is 25.7. The SMILES string of the molecule is COc1ccc(NC(=O)CSc2nc3ccc(N=Cc4cc(Cl)cc(Cl)c4O)cc3s2)c([N+](=O)[O-])c1. The van der Waals surface area contributed by atoms with Crippen molar-refractivity contribution in [2.45, 2.75) is 4.34 Å². The van der Waals surface area contributed by atoms with E-state index in [1.807, 2.05) is 6.07 Å². The molecule has 0 radical (unpaired) electrons. The molecule has 1 amide bonds. The molecule has 36 heavy (non-hydrogen) atoms. The monoisotopic (exact) mass is 562 g/mol. The number of aromatic hydroxyl groups is 1. The molecule has 0 fully saturated rings. The molecule has 0 unspecified atom stereocenters. The standard InChI is InChI=1S/C23H16Cl2N4O5S2/c1-34-15-3-5-17(19(9-15)29(32)33)27-21(30)11-35-23-28-18-4-2-14(8-20(18)36-23)26-10-12-6-13(24)7-16(25)22(12)31/h2-10,31H,11H2,1H3,(H,27,30). The summed E-state index contributed by atoms with van der Waals surface area (Å²) in [5.74, 6) is -0.179. The smallest absolute Gasteiger partial charge is 0.296 e. The highest BCUT2D eigenvalue weighted by atomic mass is 35.5. The van der Waals surface area contributed by atoms with E-state index in [0.29, 0.717) is 26.4 Å². The summed E-state index contributed by atoms with van der Waals surface area (Å²) in [4.78, 5) is 32.0. The highest BCUT2D eigenvalue weighted by molar-refractivity contribution is 8.01. The Balaban J connectivity index is 1.43. The Bertz CT molecular complexity index is 1510. The molecule has 0 bridgehead atoms. The van der Waals surface area contributed by atoms with Crippen molar-refractivity contribution in [3.8, 4) is 11.5 Å². The summed E-state index contributed by atoms with van der Waals surface area (Å²) in [5.41, 5.74) is 1.58. The summed E-state index contributed by atoms with van der Waals surface area (Å²) < 4.78 is 6.51. The first-order valence-electron chi connectivity index (χ1n) is 10.1. The number of aliphatic imine (C=N–C) groups is 1. The van der Waals surface area contributed by atoms with Gasteiger partial charge in [-0.25, -0.2) is 4.98 Å². The van der Waals surface area contributed by atoms with Gasteiger partial charge in [0.15, 0.2) is 4.34 Å². The minimum atomic E-state index is -0.582. The van der Waals surface area contributed by atoms with Crippen molar-refractivity contribution in [2.75, 3.05) is 18.2 Å². The third kappa shape index (κ3) is 6.05. The number of nitro benzene ring substituents is 1. The van der Waals surface area contributed by atoms with Gasteiger partial charge in [-0.05, 0) is 42.5 Å². The molecule has 9 nitrogen and oxygen atoms in total. The van der Waals surface area contributed by atoms with Gasteiger partial charge in [0, 0.05) is 16.8 Å². The van der Waals surface area contributed by atoms with Gasteiger partial charge in [0.1, 0.15) is 17.2 Å². The normalized spacial score (nSPS) is 11.2. The van der Waals surface area contributed by atoms with Gasteiger partial charge in [-0.2, -0.15) is 0 Å². The maximum Gasteiger partial charge on any atom is 0.296 e. The number of carbonyl (C=O) groups is 1. The van der Waals surface area contributed by atoms with Crippen molar-refractivity contribution < 1.29 is 19.6 Å². The van der Waals surface area contributed by atoms with E-state index in [1.54, 1.807) is 18.2 Å². The summed E-state index contributed by atoms with van der Waals surface area (Å²) in [5, 5.41) is 24.5. The van der Waals surface area contributed by atoms with Crippen molar-refractivity contribution in [3.63, 3.8) is 0 Å². The first-order chi connectivity index (χ1) is 17.2. The van der Waals surface area contributed by atoms with Crippen LogP contribution < -0.4 is 10.1 Å². The Morgan fingerprint density at radius 2 is 2.08 bits per heavy atom. The number of rotatable bonds is 8. The zero-order chi connectivity index (χ0) is 25.8. The van der Waals surface area contributed by atoms with E-state index in [9.17, 15) is 20.0 Å². The second-order valence-corrected chi connectivity index (χ2v) is 10.3. The van der Waals surface area contributed by atoms with Crippen LogP contribution in [0.3, 0.4) is 0 Å². The third-order valence-electron chi connectivity index (χ3n) is 4.77. The molecule has 0 saturated carbocycles. The highest BCUT2D eigenvalue weighted by Crippen LogP contribution is 2.34. The largest absolute Gasteiger partial charge is 0.506 e. The van der Waals surface area contributed by atoms with Gasteiger partial charge in [0.2, 0.25) is 5.91 Å². The number of hydrogen-bond acceptors (Lipinski definition) is 9. The average molecular weight is 563 g/mol. The number of nitrogens with zero attached hydrogens (tertiary/aromatic N) is 3. The van der Waals surface area contributed by atoms with Crippen LogP contribution in [0, 0.1) is 10.1 Å². The minimum absolute atomic E-state index is 0.0167. The van der Waals surface area contributed by atoms with Gasteiger partial charge in [-0.15, -0.1) is 11.3 Å². The van der Waals surface area contributed by atoms with Gasteiger partial charge in [0.25, 0.3) is 5.69 Å². The van der Waals surface area contributed by atoms with E-state index in [2.05, 4.69) is 15.3 Å². The van der Waals surface area contributed by atoms with Gasteiger partial charge < -0.3 is 15.2 Å². The fourth-order valence-electron chi connectivity index (χ4n) is 3.07. The summed E-state index contributed by atoms with van der Waals surface area (Å²) in [6.07, 6.45) is 1.47. The second kappa shape index (κ2) is 11.1. The van der Waals surface area contributed by atoms with Crippen LogP contribution in [-0.2, 0) is 4.79 Å². The zero-order valence-corrected chi connectivity index (χ0v) is 21.5. The van der Waals surface area contributed by atoms with Gasteiger partial charge >= 0.3 is 0 Å². The second-order valence-electron chi connectivity index (χ2n) is 7.19. The Kier molecular flexibility index (Phi) is 7.94. The van der Waals surface area contributed by atoms with E-state index in [-0.39, 0.29) is 27.9 Å². The molecule has 0 aliphatic heterocycles. The van der Waals surface area contributed by atoms with E-state index in [4.69, 9.17) is 27.9 Å². The van der Waals surface area contributed by atoms with Crippen molar-refractivity contribution >= 4 is 85.7 Å². The Labute approximate surface area is 222 Å². The quantitative estimate of drug-likeness (QED) is 0.106. The number of amides is 1. The Morgan fingerprint density at radius 3 is 2.83 bits per heavy atom. The van der Waals surface area contributed by atoms with Crippen LogP contribution in [0.25, 0.3) is 10.2 Å². The maximum absolute atomic E-state index is 12.4. The number of thiazole rings is 1. The molecule has 1 aromatic heterocycles. The number of fused-ring (bicyclic) bond motifs is 1. The Morgan fingerprint density at radius 1 is 1.28 bits per heavy atom. The number of thioether (sulfide) groups is 1. The van der Waals surface area contributed by atoms with Gasteiger partial charge in [-0.3, -0.25) is 19.9 Å². The highest BCUT2D eigenvalue weighted by Gasteiger charge is 2.18. The number of anilines is 1. The summed E-state index contributed by atoms with van der Waals surface area (Å²) in [6, 6.07) is 12.6. The van der Waals surface area contributed by atoms with Crippen LogP contribution in [0.4, 0.5) is 17.1 Å². The number of nitrogens with one attached hydrogen (secondary N) is 1. The van der Waals surface area contributed by atoms with Crippen LogP contribution >= 0.6 is 46.3 Å². The van der Waals surface area contributed by atoms with Crippen LogP contribution in [0.15, 0.2) is 57.9 Å². The molecule has 0 aliphatic rings. The predicted molar refractivity (Wildman–Crippen MR) is 144 cm³/mol. The molecule has 1 heterocycles. The lowest BCUT2D eigenvalue weighted by Crippen LogP contribution is -2.15. The molecule has 0 saturated heterocycles. The summed E-state index contributed by atoms with van der Waals surface area (Å²) in [7, 11) is 1.40. The molecule has 2 N–H and O–H groups in total. The first-order valence-corrected chi connectivity index (χ1v) is 12.7. The van der Waals surface area contributed by atoms with Crippen molar-refractivity contribution in [1.82, 2.24) is 4.98 Å². The number of nitro groups is 1. The van der Waals surface area contributed by atoms with Crippen molar-refractivity contribution in [3.05, 3.63) is 74.3 Å². The lowest BCUT2D eigenvalue weighted by molar-refractivity contribution is -0.384. The van der Waals surface area contributed by atoms with E-state index < -0.39 is 10.8 Å². The molecular formula is C23H16Cl2N4O5S2. The number of phenolic OH excluding ortho intramolecular Hbond substituents is 1. The Hall–Kier alpha value is -3.38. The lowest BCUT2D eigenvalue weighted by Gasteiger charge is -2.07.